The molecule has 0 spiro atoms. The van der Waals surface area contributed by atoms with Crippen molar-refractivity contribution in [2.45, 2.75) is 56.1 Å². The molecule has 0 saturated carbocycles. The molecule has 1 fully saturated rings. The van der Waals surface area contributed by atoms with Gasteiger partial charge in [-0.1, -0.05) is 6.07 Å². The third kappa shape index (κ3) is 3.52. The Morgan fingerprint density at radius 2 is 1.48 bits per heavy atom. The normalized spacial score (nSPS) is 32.9. The first kappa shape index (κ1) is 21.5. The Kier molecular flexibility index (Phi) is 5.36. The topological polar surface area (TPSA) is 180 Å². The second-order valence-electron chi connectivity index (χ2n) is 7.93. The van der Waals surface area contributed by atoms with Crippen molar-refractivity contribution in [3.05, 3.63) is 41.0 Å². The summed E-state index contributed by atoms with van der Waals surface area (Å²) in [5.74, 6) is -1.65. The Morgan fingerprint density at radius 1 is 0.774 bits per heavy atom. The van der Waals surface area contributed by atoms with Crippen molar-refractivity contribution < 1.29 is 50.3 Å². The lowest BCUT2D eigenvalue weighted by atomic mass is 9.86. The number of hydrogen-bond acceptors (Lipinski definition) is 10. The Labute approximate surface area is 176 Å². The van der Waals surface area contributed by atoms with E-state index in [9.17, 15) is 40.9 Å². The molecule has 1 saturated heterocycles. The molecule has 0 aliphatic carbocycles. The first-order valence-corrected chi connectivity index (χ1v) is 9.74. The van der Waals surface area contributed by atoms with Crippen LogP contribution in [0, 0.1) is 0 Å². The second-order valence-corrected chi connectivity index (χ2v) is 7.93. The quantitative estimate of drug-likeness (QED) is 0.301. The van der Waals surface area contributed by atoms with Crippen molar-refractivity contribution in [2.75, 3.05) is 0 Å². The van der Waals surface area contributed by atoms with Crippen LogP contribution in [-0.4, -0.2) is 71.4 Å². The summed E-state index contributed by atoms with van der Waals surface area (Å²) < 4.78 is 11.6. The van der Waals surface area contributed by atoms with Crippen LogP contribution in [0.4, 0.5) is 0 Å². The number of rotatable bonds is 2. The van der Waals surface area contributed by atoms with E-state index in [1.54, 1.807) is 0 Å². The standard InChI is InChI=1S/C21H24O10/c1-7-16(27)17(28)18(29)21(30-7)15-13(25)6-11(23)9-5-14(26)19(31-20(9)15)8-2-3-10(22)12(24)4-8/h2-4,6-7,14,16-19,21-29H,5H2,1H3/t7-,14-,16-,17+,18+,19+,21-/m0/s1. The molecule has 0 amide bonds. The highest BCUT2D eigenvalue weighted by Crippen LogP contribution is 2.50. The summed E-state index contributed by atoms with van der Waals surface area (Å²) in [5.41, 5.74) is 0.415. The van der Waals surface area contributed by atoms with Gasteiger partial charge in [0.15, 0.2) is 11.5 Å². The van der Waals surface area contributed by atoms with Crippen molar-refractivity contribution >= 4 is 0 Å². The van der Waals surface area contributed by atoms with Gasteiger partial charge in [-0.25, -0.2) is 0 Å². The van der Waals surface area contributed by atoms with Gasteiger partial charge in [0.05, 0.1) is 17.8 Å². The molecule has 2 aromatic carbocycles. The predicted molar refractivity (Wildman–Crippen MR) is 104 cm³/mol. The predicted octanol–water partition coefficient (Wildman–Crippen LogP) is 0.0886. The Balaban J connectivity index is 1.80. The SMILES string of the molecule is C[C@@H]1O[C@@H](c2c(O)cc(O)c3c2O[C@H](c2ccc(O)c(O)c2)[C@@H](O)C3)[C@H](O)[C@H](O)[C@H]1O. The van der Waals surface area contributed by atoms with E-state index in [0.717, 1.165) is 6.07 Å². The average Bonchev–Trinajstić information content (AvgIpc) is 2.72. The van der Waals surface area contributed by atoms with E-state index >= 15 is 0 Å². The molecular weight excluding hydrogens is 412 g/mol. The summed E-state index contributed by atoms with van der Waals surface area (Å²) in [7, 11) is 0. The summed E-state index contributed by atoms with van der Waals surface area (Å²) in [6, 6.07) is 4.90. The van der Waals surface area contributed by atoms with Gasteiger partial charge in [-0.3, -0.25) is 0 Å². The molecule has 0 radical (unpaired) electrons. The Bertz CT molecular complexity index is 993. The van der Waals surface area contributed by atoms with E-state index in [2.05, 4.69) is 0 Å². The maximum absolute atomic E-state index is 10.6. The van der Waals surface area contributed by atoms with Crippen LogP contribution >= 0.6 is 0 Å². The number of aliphatic hydroxyl groups is 4. The molecule has 4 rings (SSSR count). The van der Waals surface area contributed by atoms with E-state index in [1.807, 2.05) is 0 Å². The Hall–Kier alpha value is -2.76. The molecule has 0 bridgehead atoms. The molecule has 2 aliphatic rings. The molecule has 10 nitrogen and oxygen atoms in total. The molecule has 2 heterocycles. The van der Waals surface area contributed by atoms with Crippen LogP contribution in [0.25, 0.3) is 0 Å². The molecule has 168 valence electrons. The van der Waals surface area contributed by atoms with Gasteiger partial charge in [-0.15, -0.1) is 0 Å². The molecule has 2 aliphatic heterocycles. The van der Waals surface area contributed by atoms with E-state index in [-0.39, 0.29) is 34.8 Å². The van der Waals surface area contributed by atoms with Gasteiger partial charge in [0.25, 0.3) is 0 Å². The number of phenolic OH excluding ortho intramolecular Hbond substituents is 4. The number of ether oxygens (including phenoxy) is 2. The minimum atomic E-state index is -1.61. The molecule has 2 aromatic rings. The fourth-order valence-electron chi connectivity index (χ4n) is 4.12. The lowest BCUT2D eigenvalue weighted by Crippen LogP contribution is -2.53. The van der Waals surface area contributed by atoms with Crippen LogP contribution in [0.2, 0.25) is 0 Å². The maximum atomic E-state index is 10.6. The number of fused-ring (bicyclic) bond motifs is 1. The first-order chi connectivity index (χ1) is 14.6. The molecule has 0 unspecified atom stereocenters. The third-order valence-electron chi connectivity index (χ3n) is 5.85. The highest BCUT2D eigenvalue weighted by atomic mass is 16.5. The van der Waals surface area contributed by atoms with E-state index < -0.39 is 54.2 Å². The lowest BCUT2D eigenvalue weighted by molar-refractivity contribution is -0.220. The van der Waals surface area contributed by atoms with Gasteiger partial charge in [-0.2, -0.15) is 0 Å². The fourth-order valence-corrected chi connectivity index (χ4v) is 4.12. The Morgan fingerprint density at radius 3 is 2.16 bits per heavy atom. The van der Waals surface area contributed by atoms with Crippen molar-refractivity contribution in [2.24, 2.45) is 0 Å². The number of hydrogen-bond donors (Lipinski definition) is 8. The lowest BCUT2D eigenvalue weighted by Gasteiger charge is -2.41. The summed E-state index contributed by atoms with van der Waals surface area (Å²) in [6.45, 7) is 1.49. The van der Waals surface area contributed by atoms with Crippen LogP contribution in [-0.2, 0) is 11.2 Å². The van der Waals surface area contributed by atoms with Crippen molar-refractivity contribution in [3.8, 4) is 28.7 Å². The van der Waals surface area contributed by atoms with Crippen molar-refractivity contribution in [1.29, 1.82) is 0 Å². The second kappa shape index (κ2) is 7.74. The van der Waals surface area contributed by atoms with E-state index in [1.165, 1.54) is 25.1 Å². The van der Waals surface area contributed by atoms with Crippen molar-refractivity contribution in [3.63, 3.8) is 0 Å². The zero-order valence-corrected chi connectivity index (χ0v) is 16.5. The molecule has 8 N–H and O–H groups in total. The molecule has 0 aromatic heterocycles. The minimum Gasteiger partial charge on any atom is -0.507 e. The van der Waals surface area contributed by atoms with Crippen LogP contribution in [0.1, 0.15) is 35.8 Å². The number of benzene rings is 2. The van der Waals surface area contributed by atoms with Gasteiger partial charge >= 0.3 is 0 Å². The number of aliphatic hydroxyl groups excluding tert-OH is 4. The summed E-state index contributed by atoms with van der Waals surface area (Å²) in [5, 5.41) is 81.5. The summed E-state index contributed by atoms with van der Waals surface area (Å²) >= 11 is 0. The number of phenols is 4. The van der Waals surface area contributed by atoms with Gasteiger partial charge in [0.2, 0.25) is 0 Å². The monoisotopic (exact) mass is 436 g/mol. The first-order valence-electron chi connectivity index (χ1n) is 9.74. The third-order valence-corrected chi connectivity index (χ3v) is 5.85. The minimum absolute atomic E-state index is 0.0554. The summed E-state index contributed by atoms with van der Waals surface area (Å²) in [6.07, 6.45) is -9.00. The van der Waals surface area contributed by atoms with Crippen molar-refractivity contribution in [1.82, 2.24) is 0 Å². The smallest absolute Gasteiger partial charge is 0.157 e. The highest BCUT2D eigenvalue weighted by molar-refractivity contribution is 5.59. The van der Waals surface area contributed by atoms with E-state index in [0.29, 0.717) is 5.56 Å². The van der Waals surface area contributed by atoms with Gasteiger partial charge < -0.3 is 50.3 Å². The molecule has 31 heavy (non-hydrogen) atoms. The number of aromatic hydroxyl groups is 4. The van der Waals surface area contributed by atoms with Crippen LogP contribution < -0.4 is 4.74 Å². The average molecular weight is 436 g/mol. The largest absolute Gasteiger partial charge is 0.507 e. The highest BCUT2D eigenvalue weighted by Gasteiger charge is 2.46. The van der Waals surface area contributed by atoms with Crippen LogP contribution in [0.3, 0.4) is 0 Å². The van der Waals surface area contributed by atoms with Gasteiger partial charge in [0.1, 0.15) is 47.8 Å². The maximum Gasteiger partial charge on any atom is 0.157 e. The van der Waals surface area contributed by atoms with Gasteiger partial charge in [0, 0.05) is 18.1 Å². The molecular formula is C21H24O10. The zero-order valence-electron chi connectivity index (χ0n) is 16.5. The summed E-state index contributed by atoms with van der Waals surface area (Å²) in [4.78, 5) is 0. The van der Waals surface area contributed by atoms with E-state index in [4.69, 9.17) is 9.47 Å². The fraction of sp³-hybridized carbons (Fsp3) is 0.429. The van der Waals surface area contributed by atoms with Crippen LogP contribution in [0.15, 0.2) is 24.3 Å². The van der Waals surface area contributed by atoms with Crippen LogP contribution in [0.5, 0.6) is 28.7 Å². The molecule has 7 atom stereocenters. The zero-order chi connectivity index (χ0) is 22.6. The molecule has 10 heteroatoms. The van der Waals surface area contributed by atoms with Gasteiger partial charge in [-0.05, 0) is 24.6 Å².